The maximum absolute atomic E-state index is 11.5. The van der Waals surface area contributed by atoms with Crippen molar-refractivity contribution in [2.24, 2.45) is 0 Å². The molecule has 1 aromatic rings. The molecule has 1 heterocycles. The van der Waals surface area contributed by atoms with E-state index in [0.29, 0.717) is 5.02 Å². The van der Waals surface area contributed by atoms with Crippen LogP contribution >= 0.6 is 11.6 Å². The molecule has 0 radical (unpaired) electrons. The first-order valence-corrected chi connectivity index (χ1v) is 4.86. The minimum atomic E-state index is -0.436. The Morgan fingerprint density at radius 1 is 1.53 bits per heavy atom. The predicted molar refractivity (Wildman–Crippen MR) is 57.6 cm³/mol. The third-order valence-corrected chi connectivity index (χ3v) is 1.64. The van der Waals surface area contributed by atoms with Gasteiger partial charge >= 0.3 is 0 Å². The fourth-order valence-corrected chi connectivity index (χ4v) is 0.940. The molecule has 1 rings (SSSR count). The van der Waals surface area contributed by atoms with Crippen LogP contribution in [0.3, 0.4) is 0 Å². The zero-order valence-corrected chi connectivity index (χ0v) is 9.63. The van der Waals surface area contributed by atoms with Crippen molar-refractivity contribution in [1.82, 2.24) is 10.5 Å². The summed E-state index contributed by atoms with van der Waals surface area (Å²) in [5, 5.41) is 0.464. The molecule has 4 nitrogen and oxygen atoms in total. The molecule has 82 valence electrons. The highest BCUT2D eigenvalue weighted by atomic mass is 35.5. The highest BCUT2D eigenvalue weighted by Crippen LogP contribution is 2.09. The van der Waals surface area contributed by atoms with Crippen molar-refractivity contribution in [2.75, 3.05) is 0 Å². The van der Waals surface area contributed by atoms with Crippen LogP contribution in [0.2, 0.25) is 5.02 Å². The highest BCUT2D eigenvalue weighted by molar-refractivity contribution is 6.30. The van der Waals surface area contributed by atoms with E-state index in [1.54, 1.807) is 6.07 Å². The zero-order chi connectivity index (χ0) is 11.5. The molecule has 0 aliphatic rings. The Hall–Kier alpha value is -1.13. The second-order valence-electron chi connectivity index (χ2n) is 4.00. The fraction of sp³-hybridized carbons (Fsp3) is 0.400. The van der Waals surface area contributed by atoms with Gasteiger partial charge in [-0.1, -0.05) is 11.6 Å². The monoisotopic (exact) mass is 228 g/mol. The number of aromatic nitrogens is 1. The molecule has 0 unspecified atom stereocenters. The molecule has 0 saturated heterocycles. The molecule has 0 saturated carbocycles. The predicted octanol–water partition coefficient (Wildman–Crippen LogP) is 2.19. The van der Waals surface area contributed by atoms with Crippen LogP contribution in [-0.4, -0.2) is 16.5 Å². The van der Waals surface area contributed by atoms with Gasteiger partial charge in [0.05, 0.1) is 5.60 Å². The van der Waals surface area contributed by atoms with Gasteiger partial charge in [-0.3, -0.25) is 14.6 Å². The summed E-state index contributed by atoms with van der Waals surface area (Å²) in [6.07, 6.45) is 1.47. The molecule has 0 aromatic carbocycles. The summed E-state index contributed by atoms with van der Waals surface area (Å²) in [7, 11) is 0. The molecule has 5 heteroatoms. The van der Waals surface area contributed by atoms with Crippen LogP contribution < -0.4 is 5.48 Å². The van der Waals surface area contributed by atoms with E-state index in [9.17, 15) is 4.79 Å². The molecule has 0 fully saturated rings. The van der Waals surface area contributed by atoms with E-state index in [2.05, 4.69) is 10.5 Å². The Kier molecular flexibility index (Phi) is 3.66. The third-order valence-electron chi connectivity index (χ3n) is 1.40. The largest absolute Gasteiger partial charge is 0.293 e. The van der Waals surface area contributed by atoms with Crippen molar-refractivity contribution in [2.45, 2.75) is 26.4 Å². The molecule has 0 atom stereocenters. The number of halogens is 1. The molecular formula is C10H13ClN2O2. The van der Waals surface area contributed by atoms with E-state index < -0.39 is 11.5 Å². The molecule has 0 spiro atoms. The number of hydrogen-bond acceptors (Lipinski definition) is 3. The number of pyridine rings is 1. The van der Waals surface area contributed by atoms with Gasteiger partial charge in [0.1, 0.15) is 5.69 Å². The van der Waals surface area contributed by atoms with Gasteiger partial charge in [0.15, 0.2) is 0 Å². The number of carbonyl (C=O) groups is 1. The van der Waals surface area contributed by atoms with E-state index in [4.69, 9.17) is 16.4 Å². The van der Waals surface area contributed by atoms with Gasteiger partial charge in [-0.15, -0.1) is 0 Å². The third kappa shape index (κ3) is 4.27. The van der Waals surface area contributed by atoms with Crippen LogP contribution in [0.5, 0.6) is 0 Å². The summed E-state index contributed by atoms with van der Waals surface area (Å²) in [6, 6.07) is 3.08. The SMILES string of the molecule is CC(C)(C)ONC(=O)c1cc(Cl)ccn1. The Bertz CT molecular complexity index is 361. The fourth-order valence-electron chi connectivity index (χ4n) is 0.781. The van der Waals surface area contributed by atoms with Gasteiger partial charge in [-0.05, 0) is 32.9 Å². The summed E-state index contributed by atoms with van der Waals surface area (Å²) >= 11 is 5.72. The van der Waals surface area contributed by atoms with Gasteiger partial charge in [0, 0.05) is 11.2 Å². The Balaban J connectivity index is 2.62. The van der Waals surface area contributed by atoms with Crippen molar-refractivity contribution in [3.8, 4) is 0 Å². The average Bonchev–Trinajstić information content (AvgIpc) is 2.13. The minimum absolute atomic E-state index is 0.228. The number of rotatable bonds is 2. The second-order valence-corrected chi connectivity index (χ2v) is 4.44. The molecule has 1 N–H and O–H groups in total. The van der Waals surface area contributed by atoms with E-state index in [1.165, 1.54) is 12.3 Å². The van der Waals surface area contributed by atoms with Crippen molar-refractivity contribution in [3.05, 3.63) is 29.0 Å². The summed E-state index contributed by atoms with van der Waals surface area (Å²) in [5.41, 5.74) is 2.10. The second kappa shape index (κ2) is 4.59. The van der Waals surface area contributed by atoms with Crippen molar-refractivity contribution >= 4 is 17.5 Å². The first-order valence-electron chi connectivity index (χ1n) is 4.48. The normalized spacial score (nSPS) is 11.2. The van der Waals surface area contributed by atoms with Crippen LogP contribution in [0.15, 0.2) is 18.3 Å². The van der Waals surface area contributed by atoms with E-state index >= 15 is 0 Å². The molecule has 1 aromatic heterocycles. The van der Waals surface area contributed by atoms with Crippen molar-refractivity contribution in [1.29, 1.82) is 0 Å². The number of hydrogen-bond donors (Lipinski definition) is 1. The summed E-state index contributed by atoms with van der Waals surface area (Å²) in [6.45, 7) is 5.50. The van der Waals surface area contributed by atoms with Crippen molar-refractivity contribution < 1.29 is 9.63 Å². The van der Waals surface area contributed by atoms with E-state index in [0.717, 1.165) is 0 Å². The smallest absolute Gasteiger partial charge is 0.268 e. The molecular weight excluding hydrogens is 216 g/mol. The van der Waals surface area contributed by atoms with Crippen LogP contribution in [0.25, 0.3) is 0 Å². The number of nitrogens with one attached hydrogen (secondary N) is 1. The lowest BCUT2D eigenvalue weighted by Gasteiger charge is -2.18. The molecule has 1 amide bonds. The highest BCUT2D eigenvalue weighted by Gasteiger charge is 2.14. The summed E-state index contributed by atoms with van der Waals surface area (Å²) < 4.78 is 0. The number of amides is 1. The van der Waals surface area contributed by atoms with Crippen LogP contribution in [0.4, 0.5) is 0 Å². The Morgan fingerprint density at radius 2 is 2.20 bits per heavy atom. The number of nitrogens with zero attached hydrogens (tertiary/aromatic N) is 1. The standard InChI is InChI=1S/C10H13ClN2O2/c1-10(2,3)15-13-9(14)8-6-7(11)4-5-12-8/h4-6H,1-3H3,(H,13,14). The van der Waals surface area contributed by atoms with Crippen LogP contribution in [0, 0.1) is 0 Å². The summed E-state index contributed by atoms with van der Waals surface area (Å²) in [5.74, 6) is -0.410. The van der Waals surface area contributed by atoms with Gasteiger partial charge in [0.25, 0.3) is 5.91 Å². The average molecular weight is 229 g/mol. The molecule has 0 aliphatic heterocycles. The van der Waals surface area contributed by atoms with Gasteiger partial charge in [-0.25, -0.2) is 5.48 Å². The lowest BCUT2D eigenvalue weighted by Crippen LogP contribution is -2.33. The zero-order valence-electron chi connectivity index (χ0n) is 8.87. The topological polar surface area (TPSA) is 51.2 Å². The minimum Gasteiger partial charge on any atom is -0.268 e. The lowest BCUT2D eigenvalue weighted by molar-refractivity contribution is -0.0591. The van der Waals surface area contributed by atoms with E-state index in [1.807, 2.05) is 20.8 Å². The maximum atomic E-state index is 11.5. The first kappa shape index (κ1) is 11.9. The molecule has 0 bridgehead atoms. The summed E-state index contributed by atoms with van der Waals surface area (Å²) in [4.78, 5) is 20.5. The molecule has 15 heavy (non-hydrogen) atoms. The van der Waals surface area contributed by atoms with Crippen molar-refractivity contribution in [3.63, 3.8) is 0 Å². The Morgan fingerprint density at radius 3 is 2.73 bits per heavy atom. The Labute approximate surface area is 93.6 Å². The van der Waals surface area contributed by atoms with Crippen LogP contribution in [0.1, 0.15) is 31.3 Å². The molecule has 0 aliphatic carbocycles. The van der Waals surface area contributed by atoms with E-state index in [-0.39, 0.29) is 5.69 Å². The lowest BCUT2D eigenvalue weighted by atomic mass is 10.2. The van der Waals surface area contributed by atoms with Gasteiger partial charge in [0.2, 0.25) is 0 Å². The first-order chi connectivity index (χ1) is 6.88. The maximum Gasteiger partial charge on any atom is 0.293 e. The van der Waals surface area contributed by atoms with Crippen LogP contribution in [-0.2, 0) is 4.84 Å². The quantitative estimate of drug-likeness (QED) is 0.790. The number of carbonyl (C=O) groups excluding carboxylic acids is 1. The van der Waals surface area contributed by atoms with Gasteiger partial charge < -0.3 is 0 Å². The number of hydroxylamine groups is 1. The van der Waals surface area contributed by atoms with Gasteiger partial charge in [-0.2, -0.15) is 0 Å².